The van der Waals surface area contributed by atoms with Crippen LogP contribution in [0.4, 0.5) is 4.79 Å². The summed E-state index contributed by atoms with van der Waals surface area (Å²) < 4.78 is 4.86. The molecule has 6 heteroatoms. The summed E-state index contributed by atoms with van der Waals surface area (Å²) in [5, 5.41) is 9.22. The van der Waals surface area contributed by atoms with Crippen LogP contribution in [0.3, 0.4) is 0 Å². The van der Waals surface area contributed by atoms with Gasteiger partial charge in [-0.15, -0.1) is 0 Å². The van der Waals surface area contributed by atoms with E-state index in [4.69, 9.17) is 4.74 Å². The number of urea groups is 1. The summed E-state index contributed by atoms with van der Waals surface area (Å²) in [6.07, 6.45) is 10.2. The van der Waals surface area contributed by atoms with Gasteiger partial charge in [0.05, 0.1) is 6.54 Å². The van der Waals surface area contributed by atoms with Gasteiger partial charge in [-0.2, -0.15) is 0 Å². The van der Waals surface area contributed by atoms with Gasteiger partial charge in [0.1, 0.15) is 6.04 Å². The molecule has 0 fully saturated rings. The van der Waals surface area contributed by atoms with Crippen LogP contribution in [0.2, 0.25) is 0 Å². The molecule has 6 nitrogen and oxygen atoms in total. The van der Waals surface area contributed by atoms with Crippen LogP contribution in [0.1, 0.15) is 71.6 Å². The molecule has 2 atom stereocenters. The van der Waals surface area contributed by atoms with Gasteiger partial charge in [0, 0.05) is 6.21 Å². The third-order valence-electron chi connectivity index (χ3n) is 3.99. The molecule has 1 N–H and O–H groups in total. The molecular weight excluding hydrogens is 296 g/mol. The Morgan fingerprint density at radius 1 is 1.26 bits per heavy atom. The number of nitrogens with zero attached hydrogens (tertiary/aromatic N) is 2. The molecule has 0 aliphatic carbocycles. The molecule has 2 amide bonds. The van der Waals surface area contributed by atoms with Crippen molar-refractivity contribution in [2.45, 2.75) is 84.0 Å². The number of aliphatic hydroxyl groups excluding tert-OH is 1. The lowest BCUT2D eigenvalue weighted by Crippen LogP contribution is -2.44. The fourth-order valence-electron chi connectivity index (χ4n) is 2.74. The average Bonchev–Trinajstić information content (AvgIpc) is 2.91. The van der Waals surface area contributed by atoms with Crippen LogP contribution in [-0.2, 0) is 9.53 Å². The van der Waals surface area contributed by atoms with E-state index in [0.717, 1.165) is 19.3 Å². The fourth-order valence-corrected chi connectivity index (χ4v) is 2.74. The van der Waals surface area contributed by atoms with Gasteiger partial charge in [0.15, 0.2) is 6.29 Å². The number of unbranched alkanes of at least 4 members (excludes halogenated alkanes) is 7. The van der Waals surface area contributed by atoms with E-state index in [-0.39, 0.29) is 0 Å². The predicted molar refractivity (Wildman–Crippen MR) is 89.4 cm³/mol. The molecule has 0 bridgehead atoms. The summed E-state index contributed by atoms with van der Waals surface area (Å²) in [5.74, 6) is -0.554. The van der Waals surface area contributed by atoms with Gasteiger partial charge in [0.2, 0.25) is 0 Å². The maximum absolute atomic E-state index is 12.1. The first-order valence-electron chi connectivity index (χ1n) is 8.78. The van der Waals surface area contributed by atoms with E-state index in [2.05, 4.69) is 11.9 Å². The number of rotatable bonds is 12. The first kappa shape index (κ1) is 19.6. The standard InChI is InChI=1S/C17H30N2O4/c1-3-4-5-6-7-8-9-10-11-15(16(21)23-14(2)20)19-13-12-18-17(19)22/h12,14-15,20H,3-11,13H2,1-2H3. The molecule has 0 radical (unpaired) electrons. The van der Waals surface area contributed by atoms with Crippen LogP contribution in [-0.4, -0.2) is 47.1 Å². The minimum Gasteiger partial charge on any atom is -0.435 e. The van der Waals surface area contributed by atoms with Gasteiger partial charge in [-0.25, -0.2) is 14.6 Å². The van der Waals surface area contributed by atoms with E-state index in [9.17, 15) is 14.7 Å². The van der Waals surface area contributed by atoms with Crippen LogP contribution in [0, 0.1) is 0 Å². The zero-order valence-electron chi connectivity index (χ0n) is 14.4. The maximum atomic E-state index is 12.1. The lowest BCUT2D eigenvalue weighted by atomic mass is 10.0. The Morgan fingerprint density at radius 2 is 1.87 bits per heavy atom. The van der Waals surface area contributed by atoms with E-state index >= 15 is 0 Å². The molecule has 2 unspecified atom stereocenters. The number of ether oxygens (including phenoxy) is 1. The van der Waals surface area contributed by atoms with Crippen molar-refractivity contribution >= 4 is 18.2 Å². The van der Waals surface area contributed by atoms with Crippen molar-refractivity contribution in [3.05, 3.63) is 0 Å². The normalized spacial score (nSPS) is 16.7. The highest BCUT2D eigenvalue weighted by molar-refractivity contribution is 5.94. The molecule has 1 heterocycles. The Labute approximate surface area is 138 Å². The molecule has 0 spiro atoms. The fraction of sp³-hybridized carbons (Fsp3) is 0.824. The molecular formula is C17H30N2O4. The van der Waals surface area contributed by atoms with Gasteiger partial charge in [-0.1, -0.05) is 58.3 Å². The highest BCUT2D eigenvalue weighted by Crippen LogP contribution is 2.17. The average molecular weight is 326 g/mol. The SMILES string of the molecule is CCCCCCCCCCC(C(=O)OC(C)O)N1CC=NC1=O. The number of amides is 2. The summed E-state index contributed by atoms with van der Waals surface area (Å²) in [6.45, 7) is 3.92. The second-order valence-electron chi connectivity index (χ2n) is 6.06. The maximum Gasteiger partial charge on any atom is 0.344 e. The van der Waals surface area contributed by atoms with Crippen LogP contribution in [0.15, 0.2) is 4.99 Å². The Kier molecular flexibility index (Phi) is 9.52. The van der Waals surface area contributed by atoms with Crippen LogP contribution in [0.5, 0.6) is 0 Å². The summed E-state index contributed by atoms with van der Waals surface area (Å²) in [4.78, 5) is 28.9. The molecule has 23 heavy (non-hydrogen) atoms. The highest BCUT2D eigenvalue weighted by atomic mass is 16.6. The van der Waals surface area contributed by atoms with E-state index < -0.39 is 24.3 Å². The molecule has 0 aromatic rings. The number of carbonyl (C=O) groups excluding carboxylic acids is 2. The van der Waals surface area contributed by atoms with E-state index in [1.165, 1.54) is 50.1 Å². The predicted octanol–water partition coefficient (Wildman–Crippen LogP) is 3.27. The molecule has 1 aliphatic rings. The summed E-state index contributed by atoms with van der Waals surface area (Å²) in [5.41, 5.74) is 0. The van der Waals surface area contributed by atoms with E-state index in [1.54, 1.807) is 0 Å². The minimum atomic E-state index is -1.16. The first-order valence-corrected chi connectivity index (χ1v) is 8.78. The minimum absolute atomic E-state index is 0.329. The van der Waals surface area contributed by atoms with Crippen molar-refractivity contribution in [2.75, 3.05) is 6.54 Å². The molecule has 0 aromatic heterocycles. The number of esters is 1. The number of hydrogen-bond acceptors (Lipinski definition) is 4. The second kappa shape index (κ2) is 11.2. The van der Waals surface area contributed by atoms with Crippen molar-refractivity contribution in [1.29, 1.82) is 0 Å². The van der Waals surface area contributed by atoms with Crippen LogP contribution >= 0.6 is 0 Å². The molecule has 1 aliphatic heterocycles. The van der Waals surface area contributed by atoms with Crippen molar-refractivity contribution in [1.82, 2.24) is 4.90 Å². The van der Waals surface area contributed by atoms with E-state index in [0.29, 0.717) is 13.0 Å². The Balaban J connectivity index is 2.33. The van der Waals surface area contributed by atoms with Gasteiger partial charge in [-0.05, 0) is 13.3 Å². The van der Waals surface area contributed by atoms with Crippen molar-refractivity contribution < 1.29 is 19.4 Å². The topological polar surface area (TPSA) is 79.2 Å². The summed E-state index contributed by atoms with van der Waals surface area (Å²) in [6, 6.07) is -1.06. The molecule has 1 rings (SSSR count). The lowest BCUT2D eigenvalue weighted by Gasteiger charge is -2.25. The Hall–Kier alpha value is -1.43. The number of carbonyl (C=O) groups is 2. The van der Waals surface area contributed by atoms with Crippen molar-refractivity contribution in [3.63, 3.8) is 0 Å². The summed E-state index contributed by atoms with van der Waals surface area (Å²) in [7, 11) is 0. The Morgan fingerprint density at radius 3 is 2.39 bits per heavy atom. The molecule has 0 saturated heterocycles. The zero-order chi connectivity index (χ0) is 17.1. The smallest absolute Gasteiger partial charge is 0.344 e. The largest absolute Gasteiger partial charge is 0.435 e. The second-order valence-corrected chi connectivity index (χ2v) is 6.06. The van der Waals surface area contributed by atoms with Crippen molar-refractivity contribution in [2.24, 2.45) is 4.99 Å². The van der Waals surface area contributed by atoms with Crippen LogP contribution in [0.25, 0.3) is 0 Å². The molecule has 0 aromatic carbocycles. The van der Waals surface area contributed by atoms with Gasteiger partial charge in [-0.3, -0.25) is 0 Å². The van der Waals surface area contributed by atoms with Crippen molar-refractivity contribution in [3.8, 4) is 0 Å². The molecule has 0 saturated carbocycles. The van der Waals surface area contributed by atoms with Gasteiger partial charge in [0.25, 0.3) is 0 Å². The quantitative estimate of drug-likeness (QED) is 0.339. The van der Waals surface area contributed by atoms with Gasteiger partial charge >= 0.3 is 12.0 Å². The van der Waals surface area contributed by atoms with Gasteiger partial charge < -0.3 is 14.7 Å². The lowest BCUT2D eigenvalue weighted by molar-refractivity contribution is -0.170. The number of hydrogen-bond donors (Lipinski definition) is 1. The zero-order valence-corrected chi connectivity index (χ0v) is 14.4. The summed E-state index contributed by atoms with van der Waals surface area (Å²) >= 11 is 0. The highest BCUT2D eigenvalue weighted by Gasteiger charge is 2.32. The van der Waals surface area contributed by atoms with E-state index in [1.807, 2.05) is 0 Å². The monoisotopic (exact) mass is 326 g/mol. The Bertz CT molecular complexity index is 396. The third-order valence-corrected chi connectivity index (χ3v) is 3.99. The molecule has 132 valence electrons. The van der Waals surface area contributed by atoms with Crippen LogP contribution < -0.4 is 0 Å². The number of aliphatic imine (C=N–C) groups is 1. The first-order chi connectivity index (χ1) is 11.1. The third kappa shape index (κ3) is 7.59. The number of aliphatic hydroxyl groups is 1.